The minimum Gasteiger partial charge on any atom is -0.297 e. The summed E-state index contributed by atoms with van der Waals surface area (Å²) in [4.78, 5) is 7.24. The van der Waals surface area contributed by atoms with Crippen LogP contribution >= 0.6 is 0 Å². The van der Waals surface area contributed by atoms with Crippen LogP contribution in [0.5, 0.6) is 0 Å². The fourth-order valence-electron chi connectivity index (χ4n) is 2.76. The Morgan fingerprint density at radius 3 is 2.62 bits per heavy atom. The first-order chi connectivity index (χ1) is 10.3. The molecule has 0 N–H and O–H groups in total. The lowest BCUT2D eigenvalue weighted by molar-refractivity contribution is 0.327. The van der Waals surface area contributed by atoms with Crippen molar-refractivity contribution in [3.63, 3.8) is 0 Å². The Morgan fingerprint density at radius 1 is 1.10 bits per heavy atom. The van der Waals surface area contributed by atoms with Gasteiger partial charge in [0, 0.05) is 25.8 Å². The van der Waals surface area contributed by atoms with Crippen molar-refractivity contribution in [2.45, 2.75) is 25.9 Å². The standard InChI is InChI=1S/C19H22N2/c1-16-7-9-17(10-8-16)13-20-19-11-12-21(15-19)14-18-5-3-2-4-6-18/h2-10,13,19H,11-12,14-15H2,1H3. The summed E-state index contributed by atoms with van der Waals surface area (Å²) in [6.07, 6.45) is 3.19. The molecule has 0 spiro atoms. The molecule has 0 bridgehead atoms. The summed E-state index contributed by atoms with van der Waals surface area (Å²) < 4.78 is 0. The summed E-state index contributed by atoms with van der Waals surface area (Å²) in [5.41, 5.74) is 3.88. The summed E-state index contributed by atoms with van der Waals surface area (Å²) in [6, 6.07) is 19.7. The molecule has 1 heterocycles. The Balaban J connectivity index is 1.53. The summed E-state index contributed by atoms with van der Waals surface area (Å²) in [5.74, 6) is 0. The van der Waals surface area contributed by atoms with Crippen LogP contribution < -0.4 is 0 Å². The molecule has 0 aromatic heterocycles. The van der Waals surface area contributed by atoms with Gasteiger partial charge >= 0.3 is 0 Å². The topological polar surface area (TPSA) is 15.6 Å². The van der Waals surface area contributed by atoms with Gasteiger partial charge in [0.15, 0.2) is 0 Å². The molecule has 1 fully saturated rings. The van der Waals surface area contributed by atoms with E-state index in [-0.39, 0.29) is 0 Å². The van der Waals surface area contributed by atoms with Gasteiger partial charge in [0.1, 0.15) is 0 Å². The van der Waals surface area contributed by atoms with Crippen molar-refractivity contribution in [2.75, 3.05) is 13.1 Å². The van der Waals surface area contributed by atoms with Gasteiger partial charge in [-0.15, -0.1) is 0 Å². The van der Waals surface area contributed by atoms with Gasteiger partial charge in [-0.2, -0.15) is 0 Å². The third-order valence-corrected chi connectivity index (χ3v) is 4.01. The highest BCUT2D eigenvalue weighted by Crippen LogP contribution is 2.16. The molecule has 1 aliphatic heterocycles. The van der Waals surface area contributed by atoms with Gasteiger partial charge in [-0.25, -0.2) is 0 Å². The quantitative estimate of drug-likeness (QED) is 0.779. The number of aryl methyl sites for hydroxylation is 1. The van der Waals surface area contributed by atoms with E-state index in [1.165, 1.54) is 16.7 Å². The predicted molar refractivity (Wildman–Crippen MR) is 88.9 cm³/mol. The van der Waals surface area contributed by atoms with Crippen molar-refractivity contribution in [1.29, 1.82) is 0 Å². The van der Waals surface area contributed by atoms with Gasteiger partial charge in [-0.1, -0.05) is 60.2 Å². The molecule has 1 saturated heterocycles. The lowest BCUT2D eigenvalue weighted by Crippen LogP contribution is -2.21. The fourth-order valence-corrected chi connectivity index (χ4v) is 2.76. The number of rotatable bonds is 4. The minimum atomic E-state index is 0.440. The number of hydrogen-bond donors (Lipinski definition) is 0. The van der Waals surface area contributed by atoms with Gasteiger partial charge in [-0.3, -0.25) is 9.89 Å². The molecule has 3 rings (SSSR count). The molecule has 0 radical (unpaired) electrons. The third kappa shape index (κ3) is 4.02. The molecule has 2 aromatic rings. The predicted octanol–water partition coefficient (Wildman–Crippen LogP) is 3.69. The second-order valence-electron chi connectivity index (χ2n) is 5.85. The molecule has 2 nitrogen and oxygen atoms in total. The van der Waals surface area contributed by atoms with Crippen LogP contribution in [0.2, 0.25) is 0 Å². The summed E-state index contributed by atoms with van der Waals surface area (Å²) in [5, 5.41) is 0. The van der Waals surface area contributed by atoms with Gasteiger partial charge in [0.2, 0.25) is 0 Å². The van der Waals surface area contributed by atoms with Gasteiger partial charge in [0.05, 0.1) is 6.04 Å². The lowest BCUT2D eigenvalue weighted by atomic mass is 10.2. The van der Waals surface area contributed by atoms with Crippen LogP contribution in [0.1, 0.15) is 23.1 Å². The summed E-state index contributed by atoms with van der Waals surface area (Å²) in [7, 11) is 0. The molecular formula is C19H22N2. The Hall–Kier alpha value is -1.93. The van der Waals surface area contributed by atoms with Crippen molar-refractivity contribution in [3.05, 3.63) is 71.3 Å². The Morgan fingerprint density at radius 2 is 1.86 bits per heavy atom. The zero-order chi connectivity index (χ0) is 14.5. The molecule has 0 saturated carbocycles. The van der Waals surface area contributed by atoms with E-state index in [1.807, 2.05) is 6.21 Å². The molecule has 2 aromatic carbocycles. The van der Waals surface area contributed by atoms with Crippen molar-refractivity contribution in [2.24, 2.45) is 4.99 Å². The van der Waals surface area contributed by atoms with Crippen LogP contribution in [0.15, 0.2) is 59.6 Å². The maximum absolute atomic E-state index is 4.75. The fraction of sp³-hybridized carbons (Fsp3) is 0.316. The van der Waals surface area contributed by atoms with E-state index < -0.39 is 0 Å². The van der Waals surface area contributed by atoms with Gasteiger partial charge < -0.3 is 0 Å². The highest BCUT2D eigenvalue weighted by molar-refractivity contribution is 5.79. The monoisotopic (exact) mass is 278 g/mol. The van der Waals surface area contributed by atoms with E-state index >= 15 is 0 Å². The first kappa shape index (κ1) is 14.0. The number of hydrogen-bond acceptors (Lipinski definition) is 2. The summed E-state index contributed by atoms with van der Waals surface area (Å²) >= 11 is 0. The van der Waals surface area contributed by atoms with E-state index in [2.05, 4.69) is 66.4 Å². The molecule has 108 valence electrons. The van der Waals surface area contributed by atoms with Crippen LogP contribution in [0.3, 0.4) is 0 Å². The molecular weight excluding hydrogens is 256 g/mol. The molecule has 1 unspecified atom stereocenters. The van der Waals surface area contributed by atoms with Gasteiger partial charge in [-0.05, 0) is 24.5 Å². The van der Waals surface area contributed by atoms with Gasteiger partial charge in [0.25, 0.3) is 0 Å². The minimum absolute atomic E-state index is 0.440. The largest absolute Gasteiger partial charge is 0.297 e. The normalized spacial score (nSPS) is 19.4. The Kier molecular flexibility index (Phi) is 4.46. The Labute approximate surface area is 127 Å². The molecule has 2 heteroatoms. The average molecular weight is 278 g/mol. The molecule has 0 amide bonds. The van der Waals surface area contributed by atoms with Crippen LogP contribution in [0.25, 0.3) is 0 Å². The maximum Gasteiger partial charge on any atom is 0.0639 e. The van der Waals surface area contributed by atoms with Crippen LogP contribution in [0.4, 0.5) is 0 Å². The zero-order valence-electron chi connectivity index (χ0n) is 12.6. The van der Waals surface area contributed by atoms with Crippen molar-refractivity contribution < 1.29 is 0 Å². The van der Waals surface area contributed by atoms with Crippen molar-refractivity contribution >= 4 is 6.21 Å². The van der Waals surface area contributed by atoms with E-state index in [9.17, 15) is 0 Å². The first-order valence-electron chi connectivity index (χ1n) is 7.66. The van der Waals surface area contributed by atoms with Crippen LogP contribution in [-0.2, 0) is 6.54 Å². The van der Waals surface area contributed by atoms with Crippen molar-refractivity contribution in [1.82, 2.24) is 4.90 Å². The number of nitrogens with zero attached hydrogens (tertiary/aromatic N) is 2. The van der Waals surface area contributed by atoms with E-state index in [4.69, 9.17) is 4.99 Å². The van der Waals surface area contributed by atoms with Crippen LogP contribution in [-0.4, -0.2) is 30.2 Å². The molecule has 1 aliphatic rings. The average Bonchev–Trinajstić information content (AvgIpc) is 2.95. The highest BCUT2D eigenvalue weighted by Gasteiger charge is 2.21. The SMILES string of the molecule is Cc1ccc(C=NC2CCN(Cc3ccccc3)C2)cc1. The van der Waals surface area contributed by atoms with E-state index in [0.717, 1.165) is 26.1 Å². The highest BCUT2D eigenvalue weighted by atomic mass is 15.2. The second kappa shape index (κ2) is 6.68. The molecule has 1 atom stereocenters. The number of likely N-dealkylation sites (tertiary alicyclic amines) is 1. The molecule has 21 heavy (non-hydrogen) atoms. The Bertz CT molecular complexity index is 587. The zero-order valence-corrected chi connectivity index (χ0v) is 12.6. The lowest BCUT2D eigenvalue weighted by Gasteiger charge is -2.14. The second-order valence-corrected chi connectivity index (χ2v) is 5.85. The van der Waals surface area contributed by atoms with Crippen molar-refractivity contribution in [3.8, 4) is 0 Å². The first-order valence-corrected chi connectivity index (χ1v) is 7.66. The number of benzene rings is 2. The summed E-state index contributed by atoms with van der Waals surface area (Å²) in [6.45, 7) is 5.36. The third-order valence-electron chi connectivity index (χ3n) is 4.01. The molecule has 0 aliphatic carbocycles. The van der Waals surface area contributed by atoms with Crippen LogP contribution in [0, 0.1) is 6.92 Å². The van der Waals surface area contributed by atoms with E-state index in [1.54, 1.807) is 0 Å². The smallest absolute Gasteiger partial charge is 0.0639 e. The van der Waals surface area contributed by atoms with E-state index in [0.29, 0.717) is 6.04 Å². The number of aliphatic imine (C=N–C) groups is 1. The maximum atomic E-state index is 4.75.